The molecule has 0 aliphatic rings. The highest BCUT2D eigenvalue weighted by Gasteiger charge is 2.36. The first kappa shape index (κ1) is 16.3. The van der Waals surface area contributed by atoms with E-state index in [2.05, 4.69) is 33.9 Å². The summed E-state index contributed by atoms with van der Waals surface area (Å²) in [7, 11) is -1.65. The van der Waals surface area contributed by atoms with Crippen molar-refractivity contribution < 1.29 is 9.22 Å². The highest BCUT2D eigenvalue weighted by molar-refractivity contribution is 6.74. The summed E-state index contributed by atoms with van der Waals surface area (Å²) in [5, 5.41) is 0.240. The van der Waals surface area contributed by atoms with Gasteiger partial charge in [-0.15, -0.1) is 0 Å². The normalized spacial score (nSPS) is 14.4. The number of carbonyl (C=O) groups excluding carboxylic acids is 1. The molecular formula is C14H26O2Si. The second kappa shape index (κ2) is 6.31. The number of ketones is 1. The fourth-order valence-electron chi connectivity index (χ4n) is 0.915. The van der Waals surface area contributed by atoms with Crippen LogP contribution in [0.3, 0.4) is 0 Å². The molecule has 0 atom stereocenters. The maximum absolute atomic E-state index is 10.8. The Morgan fingerprint density at radius 2 is 1.71 bits per heavy atom. The van der Waals surface area contributed by atoms with Crippen LogP contribution < -0.4 is 0 Å². The van der Waals surface area contributed by atoms with E-state index in [1.807, 2.05) is 19.1 Å². The largest absolute Gasteiger partial charge is 0.413 e. The van der Waals surface area contributed by atoms with Crippen LogP contribution in [0.1, 0.15) is 34.6 Å². The lowest BCUT2D eigenvalue weighted by molar-refractivity contribution is -0.112. The molecule has 0 saturated heterocycles. The summed E-state index contributed by atoms with van der Waals surface area (Å²) in [6.45, 7) is 15.3. The maximum Gasteiger partial charge on any atom is 0.192 e. The van der Waals surface area contributed by atoms with E-state index in [0.29, 0.717) is 6.61 Å². The summed E-state index contributed by atoms with van der Waals surface area (Å²) in [5.74, 6) is 0.0723. The Hall–Kier alpha value is -0.673. The monoisotopic (exact) mass is 254 g/mol. The van der Waals surface area contributed by atoms with Gasteiger partial charge in [-0.1, -0.05) is 38.5 Å². The molecule has 17 heavy (non-hydrogen) atoms. The van der Waals surface area contributed by atoms with Crippen LogP contribution in [0.25, 0.3) is 0 Å². The fraction of sp³-hybridized carbons (Fsp3) is 0.643. The van der Waals surface area contributed by atoms with Crippen LogP contribution >= 0.6 is 0 Å². The lowest BCUT2D eigenvalue weighted by atomic mass is 10.2. The molecule has 0 aromatic rings. The minimum Gasteiger partial charge on any atom is -0.413 e. The molecule has 0 heterocycles. The molecule has 0 fully saturated rings. The minimum atomic E-state index is -1.65. The van der Waals surface area contributed by atoms with E-state index in [1.54, 1.807) is 13.0 Å². The third kappa shape index (κ3) is 6.59. The maximum atomic E-state index is 10.8. The van der Waals surface area contributed by atoms with Gasteiger partial charge < -0.3 is 4.43 Å². The Morgan fingerprint density at radius 3 is 2.12 bits per heavy atom. The Morgan fingerprint density at radius 1 is 1.18 bits per heavy atom. The van der Waals surface area contributed by atoms with Gasteiger partial charge in [0.25, 0.3) is 0 Å². The minimum absolute atomic E-state index is 0.0723. The number of hydrogen-bond donors (Lipinski definition) is 0. The molecule has 0 bridgehead atoms. The van der Waals surface area contributed by atoms with Gasteiger partial charge in [0.2, 0.25) is 0 Å². The van der Waals surface area contributed by atoms with Gasteiger partial charge in [-0.3, -0.25) is 4.79 Å². The Labute approximate surface area is 107 Å². The average molecular weight is 254 g/mol. The van der Waals surface area contributed by atoms with Crippen molar-refractivity contribution in [3.05, 3.63) is 23.8 Å². The van der Waals surface area contributed by atoms with Crippen LogP contribution in [0.5, 0.6) is 0 Å². The van der Waals surface area contributed by atoms with Gasteiger partial charge in [0.15, 0.2) is 14.1 Å². The SMILES string of the molecule is CC(=O)/C=C/C(C)=C/CO[Si](C)(C)C(C)(C)C. The first-order valence-electron chi connectivity index (χ1n) is 6.05. The highest BCUT2D eigenvalue weighted by atomic mass is 28.4. The van der Waals surface area contributed by atoms with Crippen LogP contribution in [0.4, 0.5) is 0 Å². The van der Waals surface area contributed by atoms with E-state index >= 15 is 0 Å². The molecular weight excluding hydrogens is 228 g/mol. The fourth-order valence-corrected chi connectivity index (χ4v) is 1.85. The van der Waals surface area contributed by atoms with Crippen LogP contribution in [0, 0.1) is 0 Å². The van der Waals surface area contributed by atoms with E-state index in [1.165, 1.54) is 0 Å². The van der Waals surface area contributed by atoms with E-state index in [9.17, 15) is 4.79 Å². The van der Waals surface area contributed by atoms with Gasteiger partial charge in [0, 0.05) is 0 Å². The van der Waals surface area contributed by atoms with Gasteiger partial charge in [-0.25, -0.2) is 0 Å². The van der Waals surface area contributed by atoms with Gasteiger partial charge >= 0.3 is 0 Å². The summed E-state index contributed by atoms with van der Waals surface area (Å²) in [6.07, 6.45) is 5.44. The number of allylic oxidation sites excluding steroid dienone is 3. The first-order chi connectivity index (χ1) is 7.56. The topological polar surface area (TPSA) is 26.3 Å². The number of carbonyl (C=O) groups is 1. The quantitative estimate of drug-likeness (QED) is 0.419. The summed E-state index contributed by atoms with van der Waals surface area (Å²) in [6, 6.07) is 0. The molecule has 0 aliphatic carbocycles. The van der Waals surface area contributed by atoms with Crippen molar-refractivity contribution in [2.75, 3.05) is 6.61 Å². The van der Waals surface area contributed by atoms with Crippen molar-refractivity contribution in [2.45, 2.75) is 52.8 Å². The van der Waals surface area contributed by atoms with Crippen molar-refractivity contribution in [1.29, 1.82) is 0 Å². The second-order valence-corrected chi connectivity index (χ2v) is 10.8. The van der Waals surface area contributed by atoms with Crippen molar-refractivity contribution in [2.24, 2.45) is 0 Å². The van der Waals surface area contributed by atoms with Crippen LogP contribution in [0.15, 0.2) is 23.8 Å². The highest BCUT2D eigenvalue weighted by Crippen LogP contribution is 2.36. The van der Waals surface area contributed by atoms with Crippen molar-refractivity contribution in [1.82, 2.24) is 0 Å². The van der Waals surface area contributed by atoms with Crippen molar-refractivity contribution in [3.8, 4) is 0 Å². The van der Waals surface area contributed by atoms with Crippen molar-refractivity contribution >= 4 is 14.1 Å². The summed E-state index contributed by atoms with van der Waals surface area (Å²) in [5.41, 5.74) is 1.07. The van der Waals surface area contributed by atoms with Gasteiger partial charge in [0.05, 0.1) is 6.61 Å². The molecule has 3 heteroatoms. The zero-order valence-electron chi connectivity index (χ0n) is 12.3. The molecule has 0 aromatic carbocycles. The molecule has 0 unspecified atom stereocenters. The van der Waals surface area contributed by atoms with Crippen LogP contribution in [0.2, 0.25) is 18.1 Å². The molecule has 0 aromatic heterocycles. The van der Waals surface area contributed by atoms with Crippen LogP contribution in [-0.2, 0) is 9.22 Å². The van der Waals surface area contributed by atoms with Gasteiger partial charge in [-0.2, -0.15) is 0 Å². The van der Waals surface area contributed by atoms with Gasteiger partial charge in [0.1, 0.15) is 0 Å². The zero-order chi connectivity index (χ0) is 13.7. The summed E-state index contributed by atoms with van der Waals surface area (Å²) >= 11 is 0. The molecule has 98 valence electrons. The third-order valence-corrected chi connectivity index (χ3v) is 7.74. The standard InChI is InChI=1S/C14H26O2Si/c1-12(8-9-13(2)15)10-11-16-17(6,7)14(3,4)5/h8-10H,11H2,1-7H3/b9-8+,12-10+. The lowest BCUT2D eigenvalue weighted by Crippen LogP contribution is -2.40. The smallest absolute Gasteiger partial charge is 0.192 e. The molecule has 0 radical (unpaired) electrons. The molecule has 2 nitrogen and oxygen atoms in total. The molecule has 0 N–H and O–H groups in total. The molecule has 0 saturated carbocycles. The number of hydrogen-bond acceptors (Lipinski definition) is 2. The third-order valence-electron chi connectivity index (χ3n) is 3.24. The molecule has 0 aliphatic heterocycles. The summed E-state index contributed by atoms with van der Waals surface area (Å²) < 4.78 is 6.02. The molecule has 0 spiro atoms. The Kier molecular flexibility index (Phi) is 6.06. The predicted molar refractivity (Wildman–Crippen MR) is 76.7 cm³/mol. The first-order valence-corrected chi connectivity index (χ1v) is 8.96. The lowest BCUT2D eigenvalue weighted by Gasteiger charge is -2.35. The summed E-state index contributed by atoms with van der Waals surface area (Å²) in [4.78, 5) is 10.8. The van der Waals surface area contributed by atoms with Crippen molar-refractivity contribution in [3.63, 3.8) is 0 Å². The molecule has 0 amide bonds. The number of rotatable bonds is 5. The van der Waals surface area contributed by atoms with Crippen LogP contribution in [-0.4, -0.2) is 20.7 Å². The Bertz CT molecular complexity index is 320. The van der Waals surface area contributed by atoms with E-state index in [0.717, 1.165) is 5.57 Å². The Balaban J connectivity index is 4.32. The van der Waals surface area contributed by atoms with E-state index in [-0.39, 0.29) is 10.8 Å². The van der Waals surface area contributed by atoms with E-state index in [4.69, 9.17) is 4.43 Å². The average Bonchev–Trinajstić information content (AvgIpc) is 2.12. The predicted octanol–water partition coefficient (Wildman–Crippen LogP) is 4.10. The van der Waals surface area contributed by atoms with E-state index < -0.39 is 8.32 Å². The van der Waals surface area contributed by atoms with Gasteiger partial charge in [-0.05, 0) is 38.1 Å². The second-order valence-electron chi connectivity index (χ2n) is 5.96. The molecule has 0 rings (SSSR count). The zero-order valence-corrected chi connectivity index (χ0v) is 13.3.